The number of nitrogens with zero attached hydrogens (tertiary/aromatic N) is 1. The van der Waals surface area contributed by atoms with Crippen molar-refractivity contribution in [3.8, 4) is 0 Å². The number of ether oxygens (including phenoxy) is 1. The van der Waals surface area contributed by atoms with Gasteiger partial charge in [-0.25, -0.2) is 0 Å². The van der Waals surface area contributed by atoms with Crippen LogP contribution in [0.5, 0.6) is 0 Å². The fourth-order valence-corrected chi connectivity index (χ4v) is 2.41. The summed E-state index contributed by atoms with van der Waals surface area (Å²) in [6.45, 7) is 10.3. The summed E-state index contributed by atoms with van der Waals surface area (Å²) in [6, 6.07) is 0.672. The standard InChI is InChI=1S/C13H28N2O/c1-12-6-4-8-15(11-12)13(2)10-14-7-5-9-16-3/h12-14H,4-11H2,1-3H3. The Bertz CT molecular complexity index is 175. The third-order valence-corrected chi connectivity index (χ3v) is 3.45. The van der Waals surface area contributed by atoms with E-state index in [9.17, 15) is 0 Å². The minimum Gasteiger partial charge on any atom is -0.385 e. The van der Waals surface area contributed by atoms with Gasteiger partial charge in [0.1, 0.15) is 0 Å². The fourth-order valence-electron chi connectivity index (χ4n) is 2.41. The Morgan fingerprint density at radius 1 is 1.50 bits per heavy atom. The summed E-state index contributed by atoms with van der Waals surface area (Å²) in [4.78, 5) is 2.62. The quantitative estimate of drug-likeness (QED) is 0.672. The molecule has 1 aliphatic rings. The maximum absolute atomic E-state index is 5.03. The molecule has 3 nitrogen and oxygen atoms in total. The first-order valence-electron chi connectivity index (χ1n) is 6.67. The third kappa shape index (κ3) is 5.28. The predicted molar refractivity (Wildman–Crippen MR) is 68.8 cm³/mol. The van der Waals surface area contributed by atoms with Crippen molar-refractivity contribution in [3.05, 3.63) is 0 Å². The Balaban J connectivity index is 2.06. The Kier molecular flexibility index (Phi) is 7.01. The normalized spacial score (nSPS) is 24.6. The number of methoxy groups -OCH3 is 1. The molecule has 1 rings (SSSR count). The van der Waals surface area contributed by atoms with Gasteiger partial charge in [-0.05, 0) is 45.2 Å². The fraction of sp³-hybridized carbons (Fsp3) is 1.00. The van der Waals surface area contributed by atoms with Crippen LogP contribution in [0.25, 0.3) is 0 Å². The molecule has 0 aromatic rings. The van der Waals surface area contributed by atoms with Crippen LogP contribution in [-0.4, -0.2) is 50.8 Å². The second-order valence-corrected chi connectivity index (χ2v) is 5.14. The zero-order chi connectivity index (χ0) is 11.8. The van der Waals surface area contributed by atoms with Crippen LogP contribution in [0, 0.1) is 5.92 Å². The number of hydrogen-bond acceptors (Lipinski definition) is 3. The molecule has 0 radical (unpaired) electrons. The molecule has 1 saturated heterocycles. The van der Waals surface area contributed by atoms with E-state index in [1.807, 2.05) is 0 Å². The highest BCUT2D eigenvalue weighted by Crippen LogP contribution is 2.17. The summed E-state index contributed by atoms with van der Waals surface area (Å²) in [6.07, 6.45) is 3.89. The third-order valence-electron chi connectivity index (χ3n) is 3.45. The maximum Gasteiger partial charge on any atom is 0.0474 e. The van der Waals surface area contributed by atoms with Gasteiger partial charge in [-0.3, -0.25) is 4.90 Å². The van der Waals surface area contributed by atoms with Gasteiger partial charge in [-0.1, -0.05) is 6.92 Å². The first-order valence-corrected chi connectivity index (χ1v) is 6.67. The molecular formula is C13H28N2O. The van der Waals surface area contributed by atoms with Crippen molar-refractivity contribution in [3.63, 3.8) is 0 Å². The van der Waals surface area contributed by atoms with Gasteiger partial charge in [0.25, 0.3) is 0 Å². The SMILES string of the molecule is COCCCNCC(C)N1CCCC(C)C1. The number of piperidine rings is 1. The highest BCUT2D eigenvalue weighted by molar-refractivity contribution is 4.76. The molecule has 0 amide bonds. The Hall–Kier alpha value is -0.120. The molecule has 2 atom stereocenters. The van der Waals surface area contributed by atoms with Crippen LogP contribution in [0.1, 0.15) is 33.1 Å². The highest BCUT2D eigenvalue weighted by Gasteiger charge is 2.20. The zero-order valence-electron chi connectivity index (χ0n) is 11.2. The van der Waals surface area contributed by atoms with Crippen molar-refractivity contribution in [2.24, 2.45) is 5.92 Å². The Morgan fingerprint density at radius 3 is 3.00 bits per heavy atom. The lowest BCUT2D eigenvalue weighted by Gasteiger charge is -2.35. The van der Waals surface area contributed by atoms with Crippen molar-refractivity contribution >= 4 is 0 Å². The molecule has 0 aromatic carbocycles. The minimum absolute atomic E-state index is 0.672. The van der Waals surface area contributed by atoms with Crippen LogP contribution in [0.15, 0.2) is 0 Å². The molecule has 1 fully saturated rings. The van der Waals surface area contributed by atoms with Gasteiger partial charge in [-0.15, -0.1) is 0 Å². The van der Waals surface area contributed by atoms with E-state index in [4.69, 9.17) is 4.74 Å². The van der Waals surface area contributed by atoms with Crippen LogP contribution in [-0.2, 0) is 4.74 Å². The monoisotopic (exact) mass is 228 g/mol. The number of hydrogen-bond donors (Lipinski definition) is 1. The average Bonchev–Trinajstić information content (AvgIpc) is 2.28. The van der Waals surface area contributed by atoms with E-state index in [1.165, 1.54) is 25.9 Å². The summed E-state index contributed by atoms with van der Waals surface area (Å²) in [5, 5.41) is 3.51. The van der Waals surface area contributed by atoms with E-state index < -0.39 is 0 Å². The summed E-state index contributed by atoms with van der Waals surface area (Å²) in [5.41, 5.74) is 0. The highest BCUT2D eigenvalue weighted by atomic mass is 16.5. The van der Waals surface area contributed by atoms with Crippen molar-refractivity contribution in [1.82, 2.24) is 10.2 Å². The van der Waals surface area contributed by atoms with E-state index in [1.54, 1.807) is 7.11 Å². The topological polar surface area (TPSA) is 24.5 Å². The molecule has 0 bridgehead atoms. The van der Waals surface area contributed by atoms with E-state index in [0.29, 0.717) is 6.04 Å². The summed E-state index contributed by atoms with van der Waals surface area (Å²) >= 11 is 0. The molecule has 0 saturated carbocycles. The molecule has 1 aliphatic heterocycles. The van der Waals surface area contributed by atoms with Crippen LogP contribution in [0.4, 0.5) is 0 Å². The van der Waals surface area contributed by atoms with Crippen molar-refractivity contribution in [2.75, 3.05) is 39.9 Å². The molecule has 0 spiro atoms. The van der Waals surface area contributed by atoms with E-state index >= 15 is 0 Å². The van der Waals surface area contributed by atoms with Crippen molar-refractivity contribution < 1.29 is 4.74 Å². The van der Waals surface area contributed by atoms with Crippen LogP contribution >= 0.6 is 0 Å². The number of nitrogens with one attached hydrogen (secondary N) is 1. The van der Waals surface area contributed by atoms with E-state index in [-0.39, 0.29) is 0 Å². The van der Waals surface area contributed by atoms with Gasteiger partial charge in [0.15, 0.2) is 0 Å². The lowest BCUT2D eigenvalue weighted by Crippen LogP contribution is -2.45. The van der Waals surface area contributed by atoms with Gasteiger partial charge >= 0.3 is 0 Å². The van der Waals surface area contributed by atoms with Gasteiger partial charge < -0.3 is 10.1 Å². The van der Waals surface area contributed by atoms with Crippen molar-refractivity contribution in [1.29, 1.82) is 0 Å². The molecule has 1 heterocycles. The lowest BCUT2D eigenvalue weighted by atomic mass is 9.99. The second-order valence-electron chi connectivity index (χ2n) is 5.14. The largest absolute Gasteiger partial charge is 0.385 e. The van der Waals surface area contributed by atoms with Crippen LogP contribution in [0.2, 0.25) is 0 Å². The van der Waals surface area contributed by atoms with Gasteiger partial charge in [0.2, 0.25) is 0 Å². The summed E-state index contributed by atoms with van der Waals surface area (Å²) in [7, 11) is 1.76. The Morgan fingerprint density at radius 2 is 2.31 bits per heavy atom. The zero-order valence-corrected chi connectivity index (χ0v) is 11.2. The lowest BCUT2D eigenvalue weighted by molar-refractivity contribution is 0.136. The van der Waals surface area contributed by atoms with Crippen LogP contribution < -0.4 is 5.32 Å². The molecular weight excluding hydrogens is 200 g/mol. The van der Waals surface area contributed by atoms with E-state index in [0.717, 1.165) is 32.0 Å². The minimum atomic E-state index is 0.672. The van der Waals surface area contributed by atoms with E-state index in [2.05, 4.69) is 24.1 Å². The van der Waals surface area contributed by atoms with Crippen molar-refractivity contribution in [2.45, 2.75) is 39.2 Å². The molecule has 1 N–H and O–H groups in total. The molecule has 2 unspecified atom stereocenters. The molecule has 16 heavy (non-hydrogen) atoms. The smallest absolute Gasteiger partial charge is 0.0474 e. The average molecular weight is 228 g/mol. The first kappa shape index (κ1) is 13.9. The predicted octanol–water partition coefficient (Wildman–Crippen LogP) is 1.73. The van der Waals surface area contributed by atoms with Crippen LogP contribution in [0.3, 0.4) is 0 Å². The molecule has 96 valence electrons. The summed E-state index contributed by atoms with van der Waals surface area (Å²) < 4.78 is 5.03. The second kappa shape index (κ2) is 8.04. The maximum atomic E-state index is 5.03. The van der Waals surface area contributed by atoms with Gasteiger partial charge in [0, 0.05) is 32.8 Å². The molecule has 0 aliphatic carbocycles. The molecule has 3 heteroatoms. The summed E-state index contributed by atoms with van der Waals surface area (Å²) in [5.74, 6) is 0.879. The van der Waals surface area contributed by atoms with Gasteiger partial charge in [0.05, 0.1) is 0 Å². The first-order chi connectivity index (χ1) is 7.74. The number of likely N-dealkylation sites (tertiary alicyclic amines) is 1. The molecule has 0 aromatic heterocycles. The van der Waals surface area contributed by atoms with Gasteiger partial charge in [-0.2, -0.15) is 0 Å². The number of rotatable bonds is 7. The Labute approximate surface area is 101 Å².